The van der Waals surface area contributed by atoms with Gasteiger partial charge in [-0.25, -0.2) is 0 Å². The summed E-state index contributed by atoms with van der Waals surface area (Å²) in [5.74, 6) is -0.147. The van der Waals surface area contributed by atoms with E-state index in [2.05, 4.69) is 32.7 Å². The lowest BCUT2D eigenvalue weighted by atomic mass is 10.1. The van der Waals surface area contributed by atoms with Gasteiger partial charge in [0, 0.05) is 54.7 Å². The summed E-state index contributed by atoms with van der Waals surface area (Å²) in [6, 6.07) is -0.429. The van der Waals surface area contributed by atoms with Crippen LogP contribution in [0.1, 0.15) is 260 Å². The minimum absolute atomic E-state index is 0.0703. The van der Waals surface area contributed by atoms with Crippen molar-refractivity contribution in [2.45, 2.75) is 284 Å². The summed E-state index contributed by atoms with van der Waals surface area (Å²) in [5, 5.41) is 0. The third-order valence-corrected chi connectivity index (χ3v) is 13.6. The maximum absolute atomic E-state index is 12.5. The number of hydrogen-bond donors (Lipinski definition) is 1. The molecule has 0 amide bonds. The van der Waals surface area contributed by atoms with Crippen LogP contribution in [-0.2, 0) is 36.9 Å². The summed E-state index contributed by atoms with van der Waals surface area (Å²) in [4.78, 5) is 29.5. The highest BCUT2D eigenvalue weighted by molar-refractivity contribution is 8.53. The van der Waals surface area contributed by atoms with E-state index < -0.39 is 15.2 Å². The van der Waals surface area contributed by atoms with Crippen molar-refractivity contribution in [3.63, 3.8) is 0 Å². The van der Waals surface area contributed by atoms with Crippen LogP contribution in [0.2, 0.25) is 0 Å². The molecule has 2 radical (unpaired) electrons. The van der Waals surface area contributed by atoms with Crippen molar-refractivity contribution < 1.29 is 36.9 Å². The standard InChI is InChI=1S/C28H56BNO4PS.C25H52BNO4PS/c1-5-7-9-11-12-13-14-16-18-20-28(31)34-27(19-17-15-10-8-6-2)21-22-32-23-26(30-25(3)4)24-33-36-35-29;1-3-5-7-9-10-11-12-14-16-18-25(28)31-24(17-15-13-8-6-4-2)19-20-29-21-23(27)22-30-33-32-26/h26-27,29,35H,5-24H2,1-4H3;23-24,26,32H,3-22,27H2,1-2H3/t26-,27-,35?;23-,24-,32?/m11/s1/i29T,35D;26T,32D. The molecule has 0 saturated carbocycles. The predicted octanol–water partition coefficient (Wildman–Crippen LogP) is 15.5. The zero-order valence-electron chi connectivity index (χ0n) is 49.2. The number of carbonyl (C=O) groups is 2. The number of nitrogens with zero attached hydrogens (tertiary/aromatic N) is 1. The van der Waals surface area contributed by atoms with Gasteiger partial charge < -0.3 is 33.0 Å². The van der Waals surface area contributed by atoms with E-state index in [0.717, 1.165) is 95.5 Å². The first-order chi connectivity index (χ1) is 35.4. The highest BCUT2D eigenvalue weighted by atomic mass is 32.7. The molecule has 2 N–H and O–H groups in total. The molecule has 0 aromatic carbocycles. The molecule has 6 atom stereocenters. The Hall–Kier alpha value is 0.0999. The van der Waals surface area contributed by atoms with Gasteiger partial charge in [-0.1, -0.05) is 197 Å². The maximum atomic E-state index is 12.5. The Balaban J connectivity index is 0. The molecule has 0 aliphatic heterocycles. The molecule has 10 nitrogen and oxygen atoms in total. The van der Waals surface area contributed by atoms with Crippen LogP contribution in [0.25, 0.3) is 0 Å². The molecule has 69 heavy (non-hydrogen) atoms. The number of rotatable bonds is 55. The molecule has 0 aliphatic rings. The largest absolute Gasteiger partial charge is 0.462 e. The molecule has 16 heteroatoms. The van der Waals surface area contributed by atoms with Crippen LogP contribution < -0.4 is 5.73 Å². The second-order valence-corrected chi connectivity index (χ2v) is 22.3. The smallest absolute Gasteiger partial charge is 0.306 e. The van der Waals surface area contributed by atoms with Gasteiger partial charge in [0.2, 0.25) is 0 Å². The van der Waals surface area contributed by atoms with Crippen LogP contribution in [0.4, 0.5) is 0 Å². The molecule has 0 bridgehead atoms. The van der Waals surface area contributed by atoms with Crippen molar-refractivity contribution >= 4 is 71.2 Å². The van der Waals surface area contributed by atoms with Crippen molar-refractivity contribution in [1.82, 2.24) is 0 Å². The van der Waals surface area contributed by atoms with Gasteiger partial charge in [-0.15, -0.1) is 0 Å². The molecule has 0 rings (SSSR count). The molecule has 2 unspecified atom stereocenters. The van der Waals surface area contributed by atoms with Crippen molar-refractivity contribution in [1.29, 1.82) is 5.23 Å². The first-order valence-corrected chi connectivity index (χ1v) is 32.5. The Morgan fingerprint density at radius 1 is 0.536 bits per heavy atom. The van der Waals surface area contributed by atoms with Crippen molar-refractivity contribution in [2.24, 2.45) is 10.7 Å². The summed E-state index contributed by atoms with van der Waals surface area (Å²) >= 11 is 2.00. The lowest BCUT2D eigenvalue weighted by molar-refractivity contribution is -0.151. The quantitative estimate of drug-likeness (QED) is 0.0156. The van der Waals surface area contributed by atoms with E-state index in [1.54, 1.807) is 0 Å². The monoisotopic (exact) mass is 1050 g/mol. The number of hydrogen-bond acceptors (Lipinski definition) is 12. The highest BCUT2D eigenvalue weighted by Crippen LogP contribution is 2.25. The fourth-order valence-electron chi connectivity index (χ4n) is 7.83. The van der Waals surface area contributed by atoms with E-state index in [9.17, 15) is 9.59 Å². The van der Waals surface area contributed by atoms with Crippen molar-refractivity contribution in [2.75, 3.05) is 39.6 Å². The molecule has 0 spiro atoms. The Morgan fingerprint density at radius 3 is 1.29 bits per heavy atom. The number of carbonyl (C=O) groups excluding carboxylic acids is 2. The fourth-order valence-corrected chi connectivity index (χ4v) is 9.14. The Bertz CT molecular complexity index is 1230. The van der Waals surface area contributed by atoms with Gasteiger partial charge in [0.15, 0.2) is 0 Å². The summed E-state index contributed by atoms with van der Waals surface area (Å²) in [6.07, 6.45) is 38.2. The predicted molar refractivity (Wildman–Crippen MR) is 310 cm³/mol. The Morgan fingerprint density at radius 2 is 0.899 bits per heavy atom. The van der Waals surface area contributed by atoms with Gasteiger partial charge in [-0.2, -0.15) is 0 Å². The zero-order chi connectivity index (χ0) is 54.3. The fraction of sp³-hybridized carbons (Fsp3) is 0.943. The number of nitrogens with two attached hydrogens (primary N) is 1. The topological polar surface area (TPSA) is 128 Å². The van der Waals surface area contributed by atoms with Crippen LogP contribution in [0.15, 0.2) is 4.99 Å². The number of esters is 2. The molecule has 0 fully saturated rings. The molecule has 406 valence electrons. The van der Waals surface area contributed by atoms with E-state index in [-0.39, 0.29) is 42.8 Å². The van der Waals surface area contributed by atoms with Gasteiger partial charge in [-0.05, 0) is 55.0 Å². The molecule has 0 aromatic heterocycles. The van der Waals surface area contributed by atoms with Gasteiger partial charge >= 0.3 is 11.9 Å². The summed E-state index contributed by atoms with van der Waals surface area (Å²) in [7, 11) is -0.491. The van der Waals surface area contributed by atoms with E-state index >= 15 is 0 Å². The second-order valence-electron chi connectivity index (χ2n) is 18.9. The van der Waals surface area contributed by atoms with Gasteiger partial charge in [-0.3, -0.25) is 14.6 Å². The summed E-state index contributed by atoms with van der Waals surface area (Å²) < 4.78 is 63.4. The molecule has 0 saturated heterocycles. The SMILES string of the molecule is [2H]P([B][3H])SOC[C@@H](COCC[C@@H](CCCCCCC)OC(=O)CCCCCCCCCCC)N=C(C)C.[2H]P([B][3H])SOC[C@H](N)COCC[C@@H](CCCCCCC)OC(=O)CCCCCCCCCCC. The van der Waals surface area contributed by atoms with Crippen molar-refractivity contribution in [3.8, 4) is 0 Å². The number of unbranched alkanes of at least 4 members (excludes halogenated alkanes) is 24. The lowest BCUT2D eigenvalue weighted by Gasteiger charge is -2.19. The third kappa shape index (κ3) is 57.2. The van der Waals surface area contributed by atoms with Gasteiger partial charge in [0.1, 0.15) is 27.3 Å². The molecular weight excluding hydrogens is 940 g/mol. The molecule has 0 aliphatic carbocycles. The molecular formula is C53H108B2N2O8P2S2. The van der Waals surface area contributed by atoms with Crippen molar-refractivity contribution in [3.05, 3.63) is 0 Å². The average molecular weight is 1060 g/mol. The van der Waals surface area contributed by atoms with Gasteiger partial charge in [0.25, 0.3) is 0 Å². The van der Waals surface area contributed by atoms with Crippen LogP contribution in [0.5, 0.6) is 0 Å². The van der Waals surface area contributed by atoms with Crippen LogP contribution >= 0.6 is 38.5 Å². The van der Waals surface area contributed by atoms with Crippen LogP contribution in [0, 0.1) is 0 Å². The Kier molecular flexibility index (Phi) is 54.2. The van der Waals surface area contributed by atoms with Gasteiger partial charge in [0.05, 0.1) is 54.3 Å². The molecule has 0 heterocycles. The van der Waals surface area contributed by atoms with E-state index in [1.807, 2.05) is 13.8 Å². The van der Waals surface area contributed by atoms with E-state index in [4.69, 9.17) is 38.3 Å². The third-order valence-electron chi connectivity index (χ3n) is 11.8. The minimum Gasteiger partial charge on any atom is -0.462 e. The normalized spacial score (nSPS) is 14.7. The number of ether oxygens (including phenoxy) is 4. The van der Waals surface area contributed by atoms with E-state index in [1.165, 1.54) is 141 Å². The summed E-state index contributed by atoms with van der Waals surface area (Å²) in [6.45, 7) is 15.2. The van der Waals surface area contributed by atoms with E-state index in [0.29, 0.717) is 58.7 Å². The average Bonchev–Trinajstić information content (AvgIpc) is 3.37. The first-order valence-electron chi connectivity index (χ1n) is 29.9. The van der Waals surface area contributed by atoms with Crippen LogP contribution in [0.3, 0.4) is 0 Å². The number of aliphatic imine (C=N–C) groups is 1. The minimum atomic E-state index is -1.34. The highest BCUT2D eigenvalue weighted by Gasteiger charge is 2.17. The maximum Gasteiger partial charge on any atom is 0.306 e. The first kappa shape index (κ1) is 63.4. The molecule has 0 aromatic rings. The zero-order valence-corrected chi connectivity index (χ0v) is 48.7. The van der Waals surface area contributed by atoms with Crippen LogP contribution in [-0.4, -0.2) is 102 Å². The Labute approximate surface area is 445 Å². The second kappa shape index (κ2) is 59.0. The lowest BCUT2D eigenvalue weighted by Crippen LogP contribution is -2.31. The summed E-state index contributed by atoms with van der Waals surface area (Å²) in [5.41, 5.74) is 6.93.